The number of ether oxygens (including phenoxy) is 1. The molecule has 16 heavy (non-hydrogen) atoms. The van der Waals surface area contributed by atoms with Crippen molar-refractivity contribution in [3.05, 3.63) is 22.6 Å². The lowest BCUT2D eigenvalue weighted by molar-refractivity contribution is 0.0550. The summed E-state index contributed by atoms with van der Waals surface area (Å²) in [7, 11) is 0. The Bertz CT molecular complexity index is 355. The standard InChI is InChI=1S/C11H16ClN3O/c1-2-3-9(13)10(8-11(12)14)15-4-6-16-7-5-15/h8H,4-7,13-14H2,1H3/b10-9+,11-8-. The van der Waals surface area contributed by atoms with E-state index in [0.717, 1.165) is 18.8 Å². The summed E-state index contributed by atoms with van der Waals surface area (Å²) in [5.41, 5.74) is 12.6. The molecule has 88 valence electrons. The minimum atomic E-state index is 0.197. The second kappa shape index (κ2) is 6.31. The van der Waals surface area contributed by atoms with Crippen LogP contribution in [0.25, 0.3) is 0 Å². The normalized spacial score (nSPS) is 18.6. The summed E-state index contributed by atoms with van der Waals surface area (Å²) in [5.74, 6) is 5.57. The van der Waals surface area contributed by atoms with Crippen molar-refractivity contribution in [2.24, 2.45) is 11.5 Å². The fourth-order valence-electron chi connectivity index (χ4n) is 1.47. The Morgan fingerprint density at radius 2 is 2.00 bits per heavy atom. The van der Waals surface area contributed by atoms with E-state index in [4.69, 9.17) is 27.8 Å². The Balaban J connectivity index is 2.97. The molecule has 0 aliphatic carbocycles. The quantitative estimate of drug-likeness (QED) is 0.421. The topological polar surface area (TPSA) is 64.5 Å². The first-order valence-electron chi connectivity index (χ1n) is 5.03. The van der Waals surface area contributed by atoms with Crippen molar-refractivity contribution in [1.29, 1.82) is 0 Å². The molecular weight excluding hydrogens is 226 g/mol. The van der Waals surface area contributed by atoms with E-state index >= 15 is 0 Å². The first-order chi connectivity index (χ1) is 7.65. The molecule has 0 unspecified atom stereocenters. The molecule has 1 aliphatic heterocycles. The van der Waals surface area contributed by atoms with Crippen LogP contribution in [0.2, 0.25) is 0 Å². The lowest BCUT2D eigenvalue weighted by Gasteiger charge is -2.30. The first-order valence-corrected chi connectivity index (χ1v) is 5.41. The van der Waals surface area contributed by atoms with Crippen molar-refractivity contribution >= 4 is 11.6 Å². The maximum absolute atomic E-state index is 5.87. The monoisotopic (exact) mass is 241 g/mol. The van der Waals surface area contributed by atoms with Gasteiger partial charge in [0.1, 0.15) is 10.9 Å². The Labute approximate surface area is 101 Å². The summed E-state index contributed by atoms with van der Waals surface area (Å²) >= 11 is 5.68. The maximum Gasteiger partial charge on any atom is 0.107 e. The van der Waals surface area contributed by atoms with Crippen LogP contribution in [0, 0.1) is 11.8 Å². The van der Waals surface area contributed by atoms with Crippen LogP contribution in [0.3, 0.4) is 0 Å². The minimum Gasteiger partial charge on any atom is -0.390 e. The van der Waals surface area contributed by atoms with Gasteiger partial charge in [-0.15, -0.1) is 0 Å². The second-order valence-electron chi connectivity index (χ2n) is 3.30. The highest BCUT2D eigenvalue weighted by molar-refractivity contribution is 6.29. The highest BCUT2D eigenvalue weighted by Gasteiger charge is 2.14. The van der Waals surface area contributed by atoms with Crippen LogP contribution < -0.4 is 11.5 Å². The van der Waals surface area contributed by atoms with Crippen LogP contribution in [-0.4, -0.2) is 31.2 Å². The van der Waals surface area contributed by atoms with Crippen molar-refractivity contribution in [2.75, 3.05) is 26.3 Å². The molecule has 0 saturated carbocycles. The van der Waals surface area contributed by atoms with E-state index in [1.54, 1.807) is 13.0 Å². The summed E-state index contributed by atoms with van der Waals surface area (Å²) < 4.78 is 5.27. The average Bonchev–Trinajstić information content (AvgIpc) is 2.27. The van der Waals surface area contributed by atoms with Crippen LogP contribution in [0.4, 0.5) is 0 Å². The largest absolute Gasteiger partial charge is 0.390 e. The van der Waals surface area contributed by atoms with Gasteiger partial charge in [-0.05, 0) is 18.9 Å². The van der Waals surface area contributed by atoms with E-state index in [1.807, 2.05) is 0 Å². The van der Waals surface area contributed by atoms with Gasteiger partial charge >= 0.3 is 0 Å². The number of halogens is 1. The second-order valence-corrected chi connectivity index (χ2v) is 3.74. The Hall–Kier alpha value is -1.31. The number of rotatable bonds is 2. The molecule has 0 aromatic heterocycles. The third kappa shape index (κ3) is 3.69. The molecule has 1 fully saturated rings. The summed E-state index contributed by atoms with van der Waals surface area (Å²) in [6, 6.07) is 0. The fraction of sp³-hybridized carbons (Fsp3) is 0.455. The molecular formula is C11H16ClN3O. The number of nitrogens with zero attached hydrogens (tertiary/aromatic N) is 1. The van der Waals surface area contributed by atoms with Gasteiger partial charge < -0.3 is 21.1 Å². The van der Waals surface area contributed by atoms with Crippen LogP contribution in [0.5, 0.6) is 0 Å². The number of morpholine rings is 1. The van der Waals surface area contributed by atoms with Gasteiger partial charge in [-0.3, -0.25) is 0 Å². The van der Waals surface area contributed by atoms with Gasteiger partial charge in [0, 0.05) is 13.1 Å². The van der Waals surface area contributed by atoms with Crippen LogP contribution in [0.15, 0.2) is 22.6 Å². The zero-order chi connectivity index (χ0) is 12.0. The number of nitrogens with two attached hydrogens (primary N) is 2. The number of hydrogen-bond donors (Lipinski definition) is 2. The third-order valence-electron chi connectivity index (χ3n) is 2.16. The Morgan fingerprint density at radius 3 is 2.50 bits per heavy atom. The van der Waals surface area contributed by atoms with E-state index in [2.05, 4.69) is 16.7 Å². The van der Waals surface area contributed by atoms with Gasteiger partial charge in [0.25, 0.3) is 0 Å². The molecule has 4 nitrogen and oxygen atoms in total. The predicted molar refractivity (Wildman–Crippen MR) is 65.2 cm³/mol. The molecule has 0 bridgehead atoms. The smallest absolute Gasteiger partial charge is 0.107 e. The number of allylic oxidation sites excluding steroid dienone is 2. The maximum atomic E-state index is 5.87. The van der Waals surface area contributed by atoms with Gasteiger partial charge in [0.15, 0.2) is 0 Å². The van der Waals surface area contributed by atoms with E-state index in [-0.39, 0.29) is 5.16 Å². The van der Waals surface area contributed by atoms with Crippen molar-refractivity contribution in [1.82, 2.24) is 4.90 Å². The SMILES string of the molecule is CC#C/C(N)=C(/C=C(\N)Cl)N1CCOCC1. The molecule has 0 aromatic rings. The van der Waals surface area contributed by atoms with Gasteiger partial charge in [-0.1, -0.05) is 17.5 Å². The molecule has 1 rings (SSSR count). The van der Waals surface area contributed by atoms with E-state index < -0.39 is 0 Å². The fourth-order valence-corrected chi connectivity index (χ4v) is 1.58. The molecule has 0 spiro atoms. The Morgan fingerprint density at radius 1 is 1.38 bits per heavy atom. The van der Waals surface area contributed by atoms with E-state index in [1.165, 1.54) is 0 Å². The molecule has 1 heterocycles. The van der Waals surface area contributed by atoms with Gasteiger partial charge in [-0.2, -0.15) is 0 Å². The molecule has 1 saturated heterocycles. The van der Waals surface area contributed by atoms with Crippen molar-refractivity contribution in [3.63, 3.8) is 0 Å². The molecule has 0 aromatic carbocycles. The zero-order valence-electron chi connectivity index (χ0n) is 9.29. The predicted octanol–water partition coefficient (Wildman–Crippen LogP) is 0.551. The van der Waals surface area contributed by atoms with Crippen molar-refractivity contribution in [2.45, 2.75) is 6.92 Å². The van der Waals surface area contributed by atoms with E-state index in [9.17, 15) is 0 Å². The summed E-state index contributed by atoms with van der Waals surface area (Å²) in [4.78, 5) is 2.07. The van der Waals surface area contributed by atoms with Gasteiger partial charge in [-0.25, -0.2) is 0 Å². The minimum absolute atomic E-state index is 0.197. The summed E-state index contributed by atoms with van der Waals surface area (Å²) in [6.45, 7) is 4.61. The molecule has 1 aliphatic rings. The molecule has 5 heteroatoms. The molecule has 0 amide bonds. The van der Waals surface area contributed by atoms with E-state index in [0.29, 0.717) is 18.9 Å². The lowest BCUT2D eigenvalue weighted by Crippen LogP contribution is -2.36. The molecule has 0 atom stereocenters. The molecule has 4 N–H and O–H groups in total. The first kappa shape index (κ1) is 12.8. The molecule has 0 radical (unpaired) electrons. The van der Waals surface area contributed by atoms with Gasteiger partial charge in [0.05, 0.1) is 18.9 Å². The third-order valence-corrected chi connectivity index (χ3v) is 2.27. The number of hydrogen-bond acceptors (Lipinski definition) is 4. The van der Waals surface area contributed by atoms with Crippen LogP contribution >= 0.6 is 11.6 Å². The highest BCUT2D eigenvalue weighted by Crippen LogP contribution is 2.13. The average molecular weight is 242 g/mol. The van der Waals surface area contributed by atoms with Crippen LogP contribution in [-0.2, 0) is 4.74 Å². The zero-order valence-corrected chi connectivity index (χ0v) is 10.0. The lowest BCUT2D eigenvalue weighted by atomic mass is 10.2. The van der Waals surface area contributed by atoms with Crippen LogP contribution in [0.1, 0.15) is 6.92 Å². The summed E-state index contributed by atoms with van der Waals surface area (Å²) in [5, 5.41) is 0.197. The van der Waals surface area contributed by atoms with Crippen molar-refractivity contribution in [3.8, 4) is 11.8 Å². The Kier molecular flexibility index (Phi) is 5.03. The van der Waals surface area contributed by atoms with Crippen molar-refractivity contribution < 1.29 is 4.74 Å². The highest BCUT2D eigenvalue weighted by atomic mass is 35.5. The summed E-state index contributed by atoms with van der Waals surface area (Å²) in [6.07, 6.45) is 1.63. The van der Waals surface area contributed by atoms with Gasteiger partial charge in [0.2, 0.25) is 0 Å².